The summed E-state index contributed by atoms with van der Waals surface area (Å²) in [6.45, 7) is 11.3. The third-order valence-corrected chi connectivity index (χ3v) is 8.12. The number of nitrogens with two attached hydrogens (primary N) is 1. The molecule has 40 heavy (non-hydrogen) atoms. The molecule has 6 heteroatoms. The lowest BCUT2D eigenvalue weighted by Gasteiger charge is -2.25. The van der Waals surface area contributed by atoms with Crippen LogP contribution in [0.4, 0.5) is 5.69 Å². The van der Waals surface area contributed by atoms with Gasteiger partial charge in [0.1, 0.15) is 12.0 Å². The van der Waals surface area contributed by atoms with Gasteiger partial charge in [0.2, 0.25) is 0 Å². The van der Waals surface area contributed by atoms with Crippen molar-refractivity contribution in [2.75, 3.05) is 38.6 Å². The van der Waals surface area contributed by atoms with Crippen molar-refractivity contribution in [3.63, 3.8) is 0 Å². The number of aromatic nitrogens is 1. The van der Waals surface area contributed by atoms with E-state index in [-0.39, 0.29) is 17.9 Å². The van der Waals surface area contributed by atoms with Crippen molar-refractivity contribution < 1.29 is 14.3 Å². The Kier molecular flexibility index (Phi) is 11.5. The SMILES string of the molecule is CCCCN(CCCC)CCCOc1ccc(C(=O)C(C)Cc2cccc3c2ccn3C2CCCCO2)c(N)c1. The quantitative estimate of drug-likeness (QED) is 0.113. The van der Waals surface area contributed by atoms with E-state index in [9.17, 15) is 4.79 Å². The Hall–Kier alpha value is -2.83. The maximum atomic E-state index is 13.4. The molecule has 1 aliphatic heterocycles. The molecule has 6 nitrogen and oxygen atoms in total. The van der Waals surface area contributed by atoms with Crippen LogP contribution in [0.25, 0.3) is 10.9 Å². The van der Waals surface area contributed by atoms with Crippen molar-refractivity contribution in [3.8, 4) is 5.75 Å². The number of Topliss-reactive ketones (excluding diaryl/α,β-unsaturated/α-hetero) is 1. The fourth-order valence-electron chi connectivity index (χ4n) is 5.74. The number of carbonyl (C=O) groups excluding carboxylic acids is 1. The topological polar surface area (TPSA) is 69.7 Å². The molecule has 2 N–H and O–H groups in total. The number of hydrogen-bond donors (Lipinski definition) is 1. The molecule has 0 radical (unpaired) electrons. The summed E-state index contributed by atoms with van der Waals surface area (Å²) in [5, 5.41) is 1.19. The standard InChI is InChI=1S/C34H49N3O3/c1-4-6-18-36(19-7-5-2)20-11-23-39-28-15-16-30(31(35)25-28)34(38)26(3)24-27-12-10-13-32-29(27)17-21-37(32)33-14-8-9-22-40-33/h10,12-13,15-17,21,25-26,33H,4-9,11,14,18-20,22-24,35H2,1-3H3. The van der Waals surface area contributed by atoms with Crippen LogP contribution in [0.1, 0.15) is 94.3 Å². The second-order valence-corrected chi connectivity index (χ2v) is 11.4. The van der Waals surface area contributed by atoms with E-state index in [1.165, 1.54) is 48.6 Å². The van der Waals surface area contributed by atoms with Crippen LogP contribution >= 0.6 is 0 Å². The van der Waals surface area contributed by atoms with Crippen molar-refractivity contribution >= 4 is 22.4 Å². The number of rotatable bonds is 16. The second-order valence-electron chi connectivity index (χ2n) is 11.4. The number of fused-ring (bicyclic) bond motifs is 1. The summed E-state index contributed by atoms with van der Waals surface area (Å²) in [6, 6.07) is 14.0. The highest BCUT2D eigenvalue weighted by Gasteiger charge is 2.22. The van der Waals surface area contributed by atoms with E-state index in [2.05, 4.69) is 53.8 Å². The zero-order valence-corrected chi connectivity index (χ0v) is 24.9. The largest absolute Gasteiger partial charge is 0.493 e. The lowest BCUT2D eigenvalue weighted by Crippen LogP contribution is -2.28. The molecule has 0 amide bonds. The van der Waals surface area contributed by atoms with E-state index < -0.39 is 0 Å². The van der Waals surface area contributed by atoms with E-state index in [0.29, 0.717) is 24.3 Å². The lowest BCUT2D eigenvalue weighted by molar-refractivity contribution is -0.0291. The molecule has 0 aliphatic carbocycles. The van der Waals surface area contributed by atoms with Crippen LogP contribution in [0.3, 0.4) is 0 Å². The summed E-state index contributed by atoms with van der Waals surface area (Å²) in [5.74, 6) is 0.608. The average molecular weight is 548 g/mol. The Balaban J connectivity index is 1.33. The fraction of sp³-hybridized carbons (Fsp3) is 0.559. The first kappa shape index (κ1) is 30.1. The number of unbranched alkanes of at least 4 members (excludes halogenated alkanes) is 2. The van der Waals surface area contributed by atoms with Crippen LogP contribution in [0, 0.1) is 5.92 Å². The van der Waals surface area contributed by atoms with E-state index in [0.717, 1.165) is 51.3 Å². The van der Waals surface area contributed by atoms with Crippen molar-refractivity contribution in [1.82, 2.24) is 9.47 Å². The molecule has 0 spiro atoms. The number of ketones is 1. The summed E-state index contributed by atoms with van der Waals surface area (Å²) in [6.07, 6.45) is 12.2. The fourth-order valence-corrected chi connectivity index (χ4v) is 5.74. The molecule has 2 atom stereocenters. The third-order valence-electron chi connectivity index (χ3n) is 8.12. The maximum Gasteiger partial charge on any atom is 0.168 e. The first-order valence-electron chi connectivity index (χ1n) is 15.5. The number of anilines is 1. The zero-order valence-electron chi connectivity index (χ0n) is 24.9. The number of hydrogen-bond acceptors (Lipinski definition) is 5. The Morgan fingerprint density at radius 2 is 1.85 bits per heavy atom. The van der Waals surface area contributed by atoms with Gasteiger partial charge in [-0.3, -0.25) is 4.79 Å². The van der Waals surface area contributed by atoms with Crippen molar-refractivity contribution in [3.05, 3.63) is 59.8 Å². The number of benzene rings is 2. The highest BCUT2D eigenvalue weighted by Crippen LogP contribution is 2.31. The van der Waals surface area contributed by atoms with Gasteiger partial charge in [-0.2, -0.15) is 0 Å². The molecule has 0 saturated carbocycles. The average Bonchev–Trinajstić information content (AvgIpc) is 3.41. The minimum absolute atomic E-state index is 0.0681. The van der Waals surface area contributed by atoms with E-state index in [4.69, 9.17) is 15.2 Å². The van der Waals surface area contributed by atoms with Gasteiger partial charge in [0.25, 0.3) is 0 Å². The molecule has 3 aromatic rings. The van der Waals surface area contributed by atoms with Crippen molar-refractivity contribution in [2.45, 2.75) is 84.8 Å². The highest BCUT2D eigenvalue weighted by atomic mass is 16.5. The first-order chi connectivity index (χ1) is 19.5. The number of carbonyl (C=O) groups is 1. The predicted octanol–water partition coefficient (Wildman–Crippen LogP) is 7.66. The molecule has 2 unspecified atom stereocenters. The molecule has 2 aromatic carbocycles. The normalized spacial score (nSPS) is 16.4. The van der Waals surface area contributed by atoms with Crippen LogP contribution in [-0.4, -0.2) is 48.1 Å². The van der Waals surface area contributed by atoms with Crippen LogP contribution in [0.2, 0.25) is 0 Å². The van der Waals surface area contributed by atoms with Gasteiger partial charge in [-0.1, -0.05) is 45.7 Å². The van der Waals surface area contributed by atoms with Crippen LogP contribution in [0.5, 0.6) is 5.75 Å². The van der Waals surface area contributed by atoms with E-state index in [1.807, 2.05) is 19.1 Å². The van der Waals surface area contributed by atoms with Gasteiger partial charge in [0, 0.05) is 48.0 Å². The maximum absolute atomic E-state index is 13.4. The van der Waals surface area contributed by atoms with Crippen LogP contribution < -0.4 is 10.5 Å². The minimum Gasteiger partial charge on any atom is -0.493 e. The molecule has 1 aromatic heterocycles. The Bertz CT molecular complexity index is 1210. The number of nitrogens with zero attached hydrogens (tertiary/aromatic N) is 2. The van der Waals surface area contributed by atoms with Gasteiger partial charge in [-0.05, 0) is 87.9 Å². The summed E-state index contributed by atoms with van der Waals surface area (Å²) in [5.41, 5.74) is 9.78. The van der Waals surface area contributed by atoms with Gasteiger partial charge >= 0.3 is 0 Å². The molecule has 1 saturated heterocycles. The molecule has 1 fully saturated rings. The second kappa shape index (κ2) is 15.2. The number of ether oxygens (including phenoxy) is 2. The monoisotopic (exact) mass is 547 g/mol. The van der Waals surface area contributed by atoms with Crippen molar-refractivity contribution in [2.24, 2.45) is 5.92 Å². The molecule has 2 heterocycles. The minimum atomic E-state index is -0.189. The van der Waals surface area contributed by atoms with Gasteiger partial charge < -0.3 is 24.7 Å². The Labute approximate surface area is 240 Å². The molecular formula is C34H49N3O3. The lowest BCUT2D eigenvalue weighted by atomic mass is 9.91. The summed E-state index contributed by atoms with van der Waals surface area (Å²) >= 11 is 0. The molecule has 1 aliphatic rings. The van der Waals surface area contributed by atoms with Gasteiger partial charge in [-0.25, -0.2) is 0 Å². The van der Waals surface area contributed by atoms with Crippen molar-refractivity contribution in [1.29, 1.82) is 0 Å². The third kappa shape index (κ3) is 7.88. The number of nitrogen functional groups attached to an aromatic ring is 1. The van der Waals surface area contributed by atoms with Gasteiger partial charge in [0.05, 0.1) is 12.1 Å². The molecule has 4 rings (SSSR count). The van der Waals surface area contributed by atoms with Crippen LogP contribution in [0.15, 0.2) is 48.7 Å². The molecular weight excluding hydrogens is 498 g/mol. The summed E-state index contributed by atoms with van der Waals surface area (Å²) in [4.78, 5) is 16.0. The smallest absolute Gasteiger partial charge is 0.168 e. The first-order valence-corrected chi connectivity index (χ1v) is 15.5. The Morgan fingerprint density at radius 3 is 2.55 bits per heavy atom. The van der Waals surface area contributed by atoms with E-state index >= 15 is 0 Å². The zero-order chi connectivity index (χ0) is 28.3. The summed E-state index contributed by atoms with van der Waals surface area (Å²) in [7, 11) is 0. The Morgan fingerprint density at radius 1 is 1.07 bits per heavy atom. The molecule has 0 bridgehead atoms. The van der Waals surface area contributed by atoms with E-state index in [1.54, 1.807) is 6.07 Å². The highest BCUT2D eigenvalue weighted by molar-refractivity contribution is 6.02. The van der Waals surface area contributed by atoms with Crippen LogP contribution in [-0.2, 0) is 11.2 Å². The van der Waals surface area contributed by atoms with Gasteiger partial charge in [0.15, 0.2) is 5.78 Å². The predicted molar refractivity (Wildman–Crippen MR) is 165 cm³/mol. The molecule has 218 valence electrons. The summed E-state index contributed by atoms with van der Waals surface area (Å²) < 4.78 is 14.3. The van der Waals surface area contributed by atoms with Gasteiger partial charge in [-0.15, -0.1) is 0 Å².